The first-order valence-corrected chi connectivity index (χ1v) is 11.0. The fraction of sp³-hybridized carbons (Fsp3) is 0.280. The zero-order valence-corrected chi connectivity index (χ0v) is 19.0. The lowest BCUT2D eigenvalue weighted by atomic mass is 9.88. The number of likely N-dealkylation sites (tertiary alicyclic amines) is 1. The Morgan fingerprint density at radius 3 is 2.54 bits per heavy atom. The predicted molar refractivity (Wildman–Crippen MR) is 120 cm³/mol. The lowest BCUT2D eigenvalue weighted by Gasteiger charge is -2.46. The van der Waals surface area contributed by atoms with Gasteiger partial charge in [0.2, 0.25) is 5.88 Å². The zero-order valence-electron chi connectivity index (χ0n) is 19.0. The summed E-state index contributed by atoms with van der Waals surface area (Å²) in [5.41, 5.74) is 0.166. The summed E-state index contributed by atoms with van der Waals surface area (Å²) in [6, 6.07) is 7.32. The highest BCUT2D eigenvalue weighted by Crippen LogP contribution is 2.34. The molecule has 0 spiro atoms. The van der Waals surface area contributed by atoms with Gasteiger partial charge in [-0.2, -0.15) is 13.2 Å². The van der Waals surface area contributed by atoms with E-state index in [4.69, 9.17) is 4.74 Å². The summed E-state index contributed by atoms with van der Waals surface area (Å²) in [7, 11) is 0. The molecule has 3 aromatic rings. The quantitative estimate of drug-likeness (QED) is 0.348. The average Bonchev–Trinajstić information content (AvgIpc) is 2.81. The van der Waals surface area contributed by atoms with Crippen LogP contribution in [0.15, 0.2) is 66.6 Å². The van der Waals surface area contributed by atoms with Crippen LogP contribution in [0.2, 0.25) is 0 Å². The monoisotopic (exact) mass is 486 g/mol. The van der Waals surface area contributed by atoms with E-state index in [1.54, 1.807) is 13.0 Å². The highest BCUT2D eigenvalue weighted by Gasteiger charge is 2.43. The fourth-order valence-corrected chi connectivity index (χ4v) is 4.06. The minimum absolute atomic E-state index is 0.00255. The maximum Gasteiger partial charge on any atom is 0.417 e. The molecule has 4 rings (SSSR count). The Hall–Kier alpha value is -3.82. The second kappa shape index (κ2) is 9.81. The lowest BCUT2D eigenvalue weighted by molar-refractivity contribution is -0.137. The van der Waals surface area contributed by atoms with Crippen LogP contribution in [0, 0.1) is 5.82 Å². The Morgan fingerprint density at radius 1 is 1.17 bits per heavy atom. The molecule has 0 saturated carbocycles. The number of ether oxygens (including phenoxy) is 1. The normalized spacial score (nSPS) is 17.7. The number of carbonyl (C=O) groups excluding carboxylic acids is 1. The summed E-state index contributed by atoms with van der Waals surface area (Å²) in [6.45, 7) is 3.98. The number of aromatic nitrogens is 3. The van der Waals surface area contributed by atoms with Gasteiger partial charge in [-0.1, -0.05) is 19.1 Å². The van der Waals surface area contributed by atoms with E-state index >= 15 is 0 Å². The van der Waals surface area contributed by atoms with Crippen LogP contribution in [0.3, 0.4) is 0 Å². The van der Waals surface area contributed by atoms with E-state index in [1.807, 2.05) is 13.0 Å². The molecule has 0 N–H and O–H groups in total. The fourth-order valence-electron chi connectivity index (χ4n) is 4.06. The highest BCUT2D eigenvalue weighted by atomic mass is 19.4. The highest BCUT2D eigenvalue weighted by molar-refractivity contribution is 6.01. The molecular weight excluding hydrogens is 464 g/mol. The zero-order chi connectivity index (χ0) is 25.2. The molecule has 35 heavy (non-hydrogen) atoms. The molecule has 6 nitrogen and oxygen atoms in total. The third-order valence-electron chi connectivity index (χ3n) is 5.64. The lowest BCUT2D eigenvalue weighted by Crippen LogP contribution is -2.59. The molecule has 1 amide bonds. The van der Waals surface area contributed by atoms with E-state index in [-0.39, 0.29) is 22.8 Å². The number of carbonyl (C=O) groups is 1. The van der Waals surface area contributed by atoms with Gasteiger partial charge in [-0.15, -0.1) is 0 Å². The van der Waals surface area contributed by atoms with Crippen LogP contribution in [0.4, 0.5) is 17.6 Å². The first-order chi connectivity index (χ1) is 16.7. The van der Waals surface area contributed by atoms with Gasteiger partial charge in [0.1, 0.15) is 11.9 Å². The van der Waals surface area contributed by atoms with Gasteiger partial charge < -0.3 is 9.64 Å². The van der Waals surface area contributed by atoms with Crippen molar-refractivity contribution in [2.45, 2.75) is 38.6 Å². The first-order valence-electron chi connectivity index (χ1n) is 11.0. The minimum atomic E-state index is -4.50. The third-order valence-corrected chi connectivity index (χ3v) is 5.64. The van der Waals surface area contributed by atoms with Crippen LogP contribution in [0.1, 0.15) is 36.2 Å². The van der Waals surface area contributed by atoms with E-state index < -0.39 is 35.6 Å². The second-order valence-electron chi connectivity index (χ2n) is 8.01. The molecule has 3 heterocycles. The van der Waals surface area contributed by atoms with Crippen molar-refractivity contribution in [3.05, 3.63) is 83.6 Å². The Balaban J connectivity index is 1.60. The maximum atomic E-state index is 14.8. The van der Waals surface area contributed by atoms with Crippen LogP contribution >= 0.6 is 0 Å². The molecule has 182 valence electrons. The number of pyridine rings is 1. The van der Waals surface area contributed by atoms with E-state index in [0.29, 0.717) is 12.7 Å². The van der Waals surface area contributed by atoms with Gasteiger partial charge in [0.05, 0.1) is 22.7 Å². The first kappa shape index (κ1) is 24.3. The summed E-state index contributed by atoms with van der Waals surface area (Å²) in [6.07, 6.45) is 1.20. The van der Waals surface area contributed by atoms with Crippen molar-refractivity contribution in [1.82, 2.24) is 19.9 Å². The van der Waals surface area contributed by atoms with Gasteiger partial charge >= 0.3 is 6.18 Å². The van der Waals surface area contributed by atoms with E-state index in [0.717, 1.165) is 24.1 Å². The van der Waals surface area contributed by atoms with E-state index in [1.165, 1.54) is 35.5 Å². The van der Waals surface area contributed by atoms with Crippen molar-refractivity contribution >= 4 is 5.91 Å². The maximum absolute atomic E-state index is 14.8. The van der Waals surface area contributed by atoms with Crippen LogP contribution in [0.5, 0.6) is 5.88 Å². The minimum Gasteiger partial charge on any atom is -0.472 e. The summed E-state index contributed by atoms with van der Waals surface area (Å²) in [4.78, 5) is 27.0. The Morgan fingerprint density at radius 2 is 1.91 bits per heavy atom. The average molecular weight is 486 g/mol. The number of amides is 1. The van der Waals surface area contributed by atoms with Gasteiger partial charge in [0, 0.05) is 31.2 Å². The van der Waals surface area contributed by atoms with Crippen molar-refractivity contribution in [3.8, 4) is 17.3 Å². The molecule has 1 fully saturated rings. The van der Waals surface area contributed by atoms with Crippen molar-refractivity contribution < 1.29 is 27.1 Å². The Labute approximate surface area is 199 Å². The number of hydrogen-bond acceptors (Lipinski definition) is 5. The molecule has 1 aliphatic heterocycles. The number of halogens is 4. The molecule has 0 bridgehead atoms. The molecule has 10 heteroatoms. The van der Waals surface area contributed by atoms with Crippen LogP contribution in [-0.4, -0.2) is 44.4 Å². The second-order valence-corrected chi connectivity index (χ2v) is 8.01. The molecule has 0 radical (unpaired) electrons. The molecule has 0 aliphatic carbocycles. The van der Waals surface area contributed by atoms with Crippen molar-refractivity contribution in [3.63, 3.8) is 0 Å². The van der Waals surface area contributed by atoms with E-state index in [2.05, 4.69) is 15.0 Å². The molecule has 2 unspecified atom stereocenters. The topological polar surface area (TPSA) is 68.2 Å². The summed E-state index contributed by atoms with van der Waals surface area (Å²) < 4.78 is 59.1. The third kappa shape index (κ3) is 5.01. The Bertz CT molecular complexity index is 1230. The summed E-state index contributed by atoms with van der Waals surface area (Å²) in [5.74, 6) is -0.957. The van der Waals surface area contributed by atoms with Crippen LogP contribution in [0.25, 0.3) is 11.4 Å². The number of nitrogens with zero attached hydrogens (tertiary/aromatic N) is 4. The SMILES string of the molecule is CC/C=C1\CN(C(=O)c2cccc(F)c2-c2ncccn2)C1C(C)Oc1ccc(C(F)(F)F)cn1. The van der Waals surface area contributed by atoms with E-state index in [9.17, 15) is 22.4 Å². The smallest absolute Gasteiger partial charge is 0.417 e. The predicted octanol–water partition coefficient (Wildman–Crippen LogP) is 5.32. The molecule has 1 saturated heterocycles. The van der Waals surface area contributed by atoms with Gasteiger partial charge in [0.15, 0.2) is 5.82 Å². The number of hydrogen-bond donors (Lipinski definition) is 0. The molecule has 2 aromatic heterocycles. The van der Waals surface area contributed by atoms with Crippen molar-refractivity contribution in [2.75, 3.05) is 6.54 Å². The largest absolute Gasteiger partial charge is 0.472 e. The molecule has 2 atom stereocenters. The number of benzene rings is 1. The van der Waals surface area contributed by atoms with Crippen molar-refractivity contribution in [2.24, 2.45) is 0 Å². The molecule has 1 aliphatic rings. The molecular formula is C25H22F4N4O2. The summed E-state index contributed by atoms with van der Waals surface area (Å²) in [5, 5.41) is 0. The van der Waals surface area contributed by atoms with Gasteiger partial charge in [-0.3, -0.25) is 4.79 Å². The number of alkyl halides is 3. The van der Waals surface area contributed by atoms with Crippen molar-refractivity contribution in [1.29, 1.82) is 0 Å². The van der Waals surface area contributed by atoms with Gasteiger partial charge in [-0.25, -0.2) is 19.3 Å². The Kier molecular flexibility index (Phi) is 6.81. The van der Waals surface area contributed by atoms with Gasteiger partial charge in [0.25, 0.3) is 5.91 Å². The number of allylic oxidation sites excluding steroid dienone is 1. The van der Waals surface area contributed by atoms with Crippen LogP contribution < -0.4 is 4.74 Å². The van der Waals surface area contributed by atoms with Crippen LogP contribution in [-0.2, 0) is 6.18 Å². The molecule has 1 aromatic carbocycles. The van der Waals surface area contributed by atoms with Gasteiger partial charge in [-0.05, 0) is 43.2 Å². The number of rotatable bonds is 6. The standard InChI is InChI=1S/C25H22F4N4O2/c1-3-6-16-14-33(22(16)15(2)35-20-10-9-17(13-32-20)25(27,28)29)24(34)18-7-4-8-19(26)21(18)23-30-11-5-12-31-23/h4-13,15,22H,3,14H2,1-2H3/b16-6+. The summed E-state index contributed by atoms with van der Waals surface area (Å²) >= 11 is 0.